The Kier molecular flexibility index (Phi) is 6.92. The molecule has 2 amide bonds. The molecule has 3 rings (SSSR count). The van der Waals surface area contributed by atoms with E-state index in [0.717, 1.165) is 11.3 Å². The van der Waals surface area contributed by atoms with Crippen molar-refractivity contribution in [1.82, 2.24) is 15.2 Å². The van der Waals surface area contributed by atoms with Crippen LogP contribution in [0, 0.1) is 0 Å². The maximum atomic E-state index is 13.3. The van der Waals surface area contributed by atoms with Crippen molar-refractivity contribution in [1.29, 1.82) is 0 Å². The van der Waals surface area contributed by atoms with E-state index in [0.29, 0.717) is 25.9 Å². The SMILES string of the molecule is CC(C)(C)OC(=O)N[C@H](C(=O)N1CCC(Oc2cccnc2)CC1)c1ccccc1. The summed E-state index contributed by atoms with van der Waals surface area (Å²) in [5.74, 6) is 0.586. The van der Waals surface area contributed by atoms with Crippen LogP contribution in [0.2, 0.25) is 0 Å². The molecule has 0 radical (unpaired) electrons. The number of alkyl carbamates (subject to hydrolysis) is 1. The summed E-state index contributed by atoms with van der Waals surface area (Å²) in [5.41, 5.74) is 0.0816. The molecule has 1 saturated heterocycles. The van der Waals surface area contributed by atoms with Gasteiger partial charge in [-0.15, -0.1) is 0 Å². The third kappa shape index (κ3) is 6.20. The monoisotopic (exact) mass is 411 g/mol. The fourth-order valence-corrected chi connectivity index (χ4v) is 3.34. The Bertz CT molecular complexity index is 829. The van der Waals surface area contributed by atoms with Crippen LogP contribution in [0.4, 0.5) is 4.79 Å². The first kappa shape index (κ1) is 21.6. The Morgan fingerprint density at radius 3 is 2.40 bits per heavy atom. The number of rotatable bonds is 5. The number of nitrogens with one attached hydrogen (secondary N) is 1. The molecule has 0 bridgehead atoms. The first-order chi connectivity index (χ1) is 14.3. The maximum Gasteiger partial charge on any atom is 0.408 e. The molecule has 1 fully saturated rings. The number of benzene rings is 1. The number of likely N-dealkylation sites (tertiary alicyclic amines) is 1. The van der Waals surface area contributed by atoms with Crippen LogP contribution in [0.15, 0.2) is 54.9 Å². The van der Waals surface area contributed by atoms with E-state index in [-0.39, 0.29) is 12.0 Å². The number of ether oxygens (including phenoxy) is 2. The summed E-state index contributed by atoms with van der Waals surface area (Å²) in [6, 6.07) is 12.1. The van der Waals surface area contributed by atoms with Crippen LogP contribution in [0.25, 0.3) is 0 Å². The smallest absolute Gasteiger partial charge is 0.408 e. The number of piperidine rings is 1. The lowest BCUT2D eigenvalue weighted by molar-refractivity contribution is -0.135. The molecule has 0 unspecified atom stereocenters. The molecule has 0 aliphatic carbocycles. The molecule has 1 aromatic heterocycles. The van der Waals surface area contributed by atoms with Crippen molar-refractivity contribution in [3.05, 3.63) is 60.4 Å². The Labute approximate surface area is 177 Å². The fourth-order valence-electron chi connectivity index (χ4n) is 3.34. The van der Waals surface area contributed by atoms with Crippen LogP contribution in [-0.4, -0.2) is 46.7 Å². The van der Waals surface area contributed by atoms with E-state index < -0.39 is 17.7 Å². The van der Waals surface area contributed by atoms with E-state index in [1.54, 1.807) is 38.1 Å². The van der Waals surface area contributed by atoms with Gasteiger partial charge in [0.25, 0.3) is 0 Å². The number of carbonyl (C=O) groups excluding carboxylic acids is 2. The summed E-state index contributed by atoms with van der Waals surface area (Å²) in [7, 11) is 0. The number of aromatic nitrogens is 1. The third-order valence-electron chi connectivity index (χ3n) is 4.73. The van der Waals surface area contributed by atoms with Crippen LogP contribution in [0.5, 0.6) is 5.75 Å². The molecule has 160 valence electrons. The van der Waals surface area contributed by atoms with Gasteiger partial charge in [-0.3, -0.25) is 9.78 Å². The molecule has 7 heteroatoms. The second-order valence-electron chi connectivity index (χ2n) is 8.32. The number of hydrogen-bond acceptors (Lipinski definition) is 5. The Morgan fingerprint density at radius 1 is 1.10 bits per heavy atom. The molecule has 1 aliphatic heterocycles. The van der Waals surface area contributed by atoms with Gasteiger partial charge in [0.15, 0.2) is 0 Å². The standard InChI is InChI=1S/C23H29N3O4/c1-23(2,3)30-22(28)25-20(17-8-5-4-6-9-17)21(27)26-14-11-18(12-15-26)29-19-10-7-13-24-16-19/h4-10,13,16,18,20H,11-12,14-15H2,1-3H3,(H,25,28)/t20-/m0/s1. The minimum Gasteiger partial charge on any atom is -0.489 e. The molecule has 1 aliphatic rings. The second kappa shape index (κ2) is 9.61. The molecule has 1 atom stereocenters. The summed E-state index contributed by atoms with van der Waals surface area (Å²) in [4.78, 5) is 31.5. The molecule has 0 spiro atoms. The van der Waals surface area contributed by atoms with Crippen molar-refractivity contribution in [3.8, 4) is 5.75 Å². The predicted molar refractivity (Wildman–Crippen MR) is 113 cm³/mol. The maximum absolute atomic E-state index is 13.3. The molecule has 0 saturated carbocycles. The van der Waals surface area contributed by atoms with Gasteiger partial charge in [0.1, 0.15) is 23.5 Å². The van der Waals surface area contributed by atoms with E-state index in [9.17, 15) is 9.59 Å². The average Bonchev–Trinajstić information content (AvgIpc) is 2.72. The highest BCUT2D eigenvalue weighted by atomic mass is 16.6. The molecular weight excluding hydrogens is 382 g/mol. The zero-order valence-electron chi connectivity index (χ0n) is 17.7. The molecule has 2 aromatic rings. The highest BCUT2D eigenvalue weighted by Crippen LogP contribution is 2.22. The van der Waals surface area contributed by atoms with Crippen LogP contribution in [0.1, 0.15) is 45.2 Å². The topological polar surface area (TPSA) is 80.8 Å². The van der Waals surface area contributed by atoms with Gasteiger partial charge in [-0.05, 0) is 38.5 Å². The lowest BCUT2D eigenvalue weighted by atomic mass is 10.0. The summed E-state index contributed by atoms with van der Waals surface area (Å²) >= 11 is 0. The molecule has 30 heavy (non-hydrogen) atoms. The van der Waals surface area contributed by atoms with Gasteiger partial charge < -0.3 is 19.7 Å². The lowest BCUT2D eigenvalue weighted by Crippen LogP contribution is -2.48. The van der Waals surface area contributed by atoms with Crippen LogP contribution in [0.3, 0.4) is 0 Å². The predicted octanol–water partition coefficient (Wildman–Crippen LogP) is 3.72. The van der Waals surface area contributed by atoms with Gasteiger partial charge in [0.2, 0.25) is 5.91 Å². The molecule has 2 heterocycles. The van der Waals surface area contributed by atoms with Crippen molar-refractivity contribution in [2.45, 2.75) is 51.4 Å². The van der Waals surface area contributed by atoms with Crippen molar-refractivity contribution in [2.75, 3.05) is 13.1 Å². The fraction of sp³-hybridized carbons (Fsp3) is 0.435. The number of nitrogens with zero attached hydrogens (tertiary/aromatic N) is 2. The summed E-state index contributed by atoms with van der Waals surface area (Å²) in [6.07, 6.45) is 4.25. The number of hydrogen-bond donors (Lipinski definition) is 1. The highest BCUT2D eigenvalue weighted by molar-refractivity contribution is 5.87. The van der Waals surface area contributed by atoms with E-state index in [4.69, 9.17) is 9.47 Å². The van der Waals surface area contributed by atoms with Gasteiger partial charge in [-0.2, -0.15) is 0 Å². The van der Waals surface area contributed by atoms with Crippen molar-refractivity contribution < 1.29 is 19.1 Å². The Balaban J connectivity index is 1.64. The zero-order chi connectivity index (χ0) is 21.6. The van der Waals surface area contributed by atoms with Gasteiger partial charge in [-0.25, -0.2) is 4.79 Å². The first-order valence-electron chi connectivity index (χ1n) is 10.2. The van der Waals surface area contributed by atoms with Crippen LogP contribution < -0.4 is 10.1 Å². The lowest BCUT2D eigenvalue weighted by Gasteiger charge is -2.34. The normalized spacial score (nSPS) is 15.9. The van der Waals surface area contributed by atoms with E-state index in [2.05, 4.69) is 10.3 Å². The molecule has 1 aromatic carbocycles. The van der Waals surface area contributed by atoms with E-state index in [1.807, 2.05) is 42.5 Å². The minimum absolute atomic E-state index is 0.0345. The second-order valence-corrected chi connectivity index (χ2v) is 8.32. The van der Waals surface area contributed by atoms with Gasteiger partial charge >= 0.3 is 6.09 Å². The highest BCUT2D eigenvalue weighted by Gasteiger charge is 2.32. The molecule has 7 nitrogen and oxygen atoms in total. The number of pyridine rings is 1. The van der Waals surface area contributed by atoms with Crippen molar-refractivity contribution in [2.24, 2.45) is 0 Å². The molecule has 1 N–H and O–H groups in total. The van der Waals surface area contributed by atoms with Gasteiger partial charge in [0.05, 0.1) is 6.20 Å². The Hall–Kier alpha value is -3.09. The Morgan fingerprint density at radius 2 is 1.80 bits per heavy atom. The van der Waals surface area contributed by atoms with Crippen LogP contribution >= 0.6 is 0 Å². The van der Waals surface area contributed by atoms with Gasteiger partial charge in [0, 0.05) is 32.1 Å². The van der Waals surface area contributed by atoms with Gasteiger partial charge in [-0.1, -0.05) is 30.3 Å². The molecular formula is C23H29N3O4. The average molecular weight is 412 g/mol. The number of amides is 2. The largest absolute Gasteiger partial charge is 0.489 e. The van der Waals surface area contributed by atoms with Crippen molar-refractivity contribution in [3.63, 3.8) is 0 Å². The number of carbonyl (C=O) groups is 2. The summed E-state index contributed by atoms with van der Waals surface area (Å²) < 4.78 is 11.3. The van der Waals surface area contributed by atoms with E-state index in [1.165, 1.54) is 0 Å². The third-order valence-corrected chi connectivity index (χ3v) is 4.73. The van der Waals surface area contributed by atoms with E-state index >= 15 is 0 Å². The van der Waals surface area contributed by atoms with Crippen LogP contribution in [-0.2, 0) is 9.53 Å². The van der Waals surface area contributed by atoms with Crippen molar-refractivity contribution >= 4 is 12.0 Å². The minimum atomic E-state index is -0.795. The summed E-state index contributed by atoms with van der Waals surface area (Å²) in [6.45, 7) is 6.49. The zero-order valence-corrected chi connectivity index (χ0v) is 17.7. The first-order valence-corrected chi connectivity index (χ1v) is 10.2. The summed E-state index contributed by atoms with van der Waals surface area (Å²) in [5, 5.41) is 2.75. The quantitative estimate of drug-likeness (QED) is 0.811.